The summed E-state index contributed by atoms with van der Waals surface area (Å²) in [5.41, 5.74) is 0.396. The fraction of sp³-hybridized carbons (Fsp3) is 1.00. The Bertz CT molecular complexity index is 147. The number of rotatable bonds is 9. The highest BCUT2D eigenvalue weighted by atomic mass is 79.9. The normalized spacial score (nSPS) is 12.4. The predicted molar refractivity (Wildman–Crippen MR) is 70.6 cm³/mol. The number of alkyl halides is 1. The molecule has 0 amide bonds. The first-order chi connectivity index (χ1) is 7.14. The van der Waals surface area contributed by atoms with Crippen molar-refractivity contribution in [1.29, 1.82) is 0 Å². The summed E-state index contributed by atoms with van der Waals surface area (Å²) >= 11 is 3.67. The van der Waals surface area contributed by atoms with Crippen molar-refractivity contribution in [2.75, 3.05) is 32.1 Å². The van der Waals surface area contributed by atoms with Crippen molar-refractivity contribution < 1.29 is 5.11 Å². The minimum atomic E-state index is 0.257. The molecule has 0 aromatic carbocycles. The van der Waals surface area contributed by atoms with Crippen LogP contribution in [0.5, 0.6) is 0 Å². The van der Waals surface area contributed by atoms with Crippen molar-refractivity contribution >= 4 is 15.9 Å². The fourth-order valence-corrected chi connectivity index (χ4v) is 3.08. The van der Waals surface area contributed by atoms with E-state index in [2.05, 4.69) is 41.7 Å². The van der Waals surface area contributed by atoms with Crippen LogP contribution in [0.3, 0.4) is 0 Å². The molecule has 0 heterocycles. The Morgan fingerprint density at radius 3 is 2.07 bits per heavy atom. The third kappa shape index (κ3) is 5.88. The Balaban J connectivity index is 4.31. The lowest BCUT2D eigenvalue weighted by atomic mass is 9.81. The van der Waals surface area contributed by atoms with Crippen LogP contribution in [-0.4, -0.2) is 42.1 Å². The molecular formula is C12H26BrNO. The van der Waals surface area contributed by atoms with E-state index < -0.39 is 0 Å². The molecule has 1 N–H and O–H groups in total. The highest BCUT2D eigenvalue weighted by Crippen LogP contribution is 2.32. The highest BCUT2D eigenvalue weighted by molar-refractivity contribution is 9.09. The molecule has 0 spiro atoms. The van der Waals surface area contributed by atoms with Gasteiger partial charge >= 0.3 is 0 Å². The van der Waals surface area contributed by atoms with Crippen LogP contribution in [0.1, 0.15) is 39.5 Å². The van der Waals surface area contributed by atoms with Gasteiger partial charge < -0.3 is 10.0 Å². The molecule has 0 radical (unpaired) electrons. The van der Waals surface area contributed by atoms with Gasteiger partial charge in [0.05, 0.1) is 6.61 Å². The van der Waals surface area contributed by atoms with Crippen LogP contribution in [-0.2, 0) is 0 Å². The first-order valence-corrected chi connectivity index (χ1v) is 7.11. The average molecular weight is 280 g/mol. The summed E-state index contributed by atoms with van der Waals surface area (Å²) in [5, 5.41) is 9.98. The molecule has 0 saturated heterocycles. The minimum absolute atomic E-state index is 0.257. The highest BCUT2D eigenvalue weighted by Gasteiger charge is 2.28. The number of aliphatic hydroxyl groups excluding tert-OH is 1. The van der Waals surface area contributed by atoms with Crippen molar-refractivity contribution in [3.8, 4) is 0 Å². The zero-order valence-corrected chi connectivity index (χ0v) is 12.0. The predicted octanol–water partition coefficient (Wildman–Crippen LogP) is 2.89. The molecule has 0 atom stereocenters. The molecule has 3 heteroatoms. The van der Waals surface area contributed by atoms with Gasteiger partial charge in [0.2, 0.25) is 0 Å². The Hall–Kier alpha value is 0.400. The molecule has 0 bridgehead atoms. The van der Waals surface area contributed by atoms with Gasteiger partial charge in [-0.15, -0.1) is 0 Å². The van der Waals surface area contributed by atoms with Gasteiger partial charge in [0.25, 0.3) is 0 Å². The van der Waals surface area contributed by atoms with Gasteiger partial charge in [0, 0.05) is 18.4 Å². The number of likely N-dealkylation sites (N-methyl/N-ethyl adjacent to an activating group) is 1. The lowest BCUT2D eigenvalue weighted by Crippen LogP contribution is -2.38. The summed E-state index contributed by atoms with van der Waals surface area (Å²) in [6.07, 6.45) is 5.00. The number of hydrogen-bond donors (Lipinski definition) is 1. The number of halogens is 1. The second-order valence-electron chi connectivity index (χ2n) is 4.60. The molecule has 0 rings (SSSR count). The molecule has 0 aromatic rings. The van der Waals surface area contributed by atoms with Crippen molar-refractivity contribution in [2.24, 2.45) is 5.41 Å². The second-order valence-corrected chi connectivity index (χ2v) is 5.16. The average Bonchev–Trinajstić information content (AvgIpc) is 2.18. The molecule has 0 aliphatic heterocycles. The van der Waals surface area contributed by atoms with E-state index in [-0.39, 0.29) is 6.61 Å². The zero-order chi connectivity index (χ0) is 11.7. The van der Waals surface area contributed by atoms with Gasteiger partial charge in [0.1, 0.15) is 0 Å². The summed E-state index contributed by atoms with van der Waals surface area (Å²) in [7, 11) is 2.10. The van der Waals surface area contributed by atoms with E-state index in [0.29, 0.717) is 5.41 Å². The van der Waals surface area contributed by atoms with E-state index in [9.17, 15) is 0 Å². The summed E-state index contributed by atoms with van der Waals surface area (Å²) in [5.74, 6) is 0. The Labute approximate surface area is 103 Å². The molecule has 0 aromatic heterocycles. The summed E-state index contributed by atoms with van der Waals surface area (Å²) < 4.78 is 0. The van der Waals surface area contributed by atoms with Gasteiger partial charge in [-0.3, -0.25) is 0 Å². The maximum atomic E-state index is 8.91. The van der Waals surface area contributed by atoms with Crippen molar-refractivity contribution in [2.45, 2.75) is 39.5 Å². The van der Waals surface area contributed by atoms with Crippen molar-refractivity contribution in [3.63, 3.8) is 0 Å². The van der Waals surface area contributed by atoms with Crippen LogP contribution in [0.2, 0.25) is 0 Å². The second kappa shape index (κ2) is 8.54. The van der Waals surface area contributed by atoms with Gasteiger partial charge in [0.15, 0.2) is 0 Å². The molecule has 2 nitrogen and oxygen atoms in total. The number of aliphatic hydroxyl groups is 1. The van der Waals surface area contributed by atoms with Gasteiger partial charge in [-0.1, -0.05) is 42.6 Å². The molecule has 0 unspecified atom stereocenters. The van der Waals surface area contributed by atoms with E-state index >= 15 is 0 Å². The molecule has 15 heavy (non-hydrogen) atoms. The molecule has 0 saturated carbocycles. The smallest absolute Gasteiger partial charge is 0.0558 e. The number of hydrogen-bond acceptors (Lipinski definition) is 2. The Morgan fingerprint density at radius 1 is 1.20 bits per heavy atom. The summed E-state index contributed by atoms with van der Waals surface area (Å²) in [6, 6.07) is 0. The molecular weight excluding hydrogens is 254 g/mol. The van der Waals surface area contributed by atoms with Crippen LogP contribution in [0, 0.1) is 5.41 Å². The van der Waals surface area contributed by atoms with Crippen molar-refractivity contribution in [1.82, 2.24) is 4.90 Å². The first-order valence-electron chi connectivity index (χ1n) is 5.99. The third-order valence-corrected chi connectivity index (χ3v) is 4.12. The van der Waals surface area contributed by atoms with Crippen LogP contribution < -0.4 is 0 Å². The lowest BCUT2D eigenvalue weighted by molar-refractivity contribution is 0.145. The SMILES string of the molecule is CCCC(CBr)(CCC)CN(C)CCO. The van der Waals surface area contributed by atoms with Gasteiger partial charge in [-0.2, -0.15) is 0 Å². The van der Waals surface area contributed by atoms with Gasteiger partial charge in [-0.05, 0) is 25.3 Å². The summed E-state index contributed by atoms with van der Waals surface area (Å²) in [6.45, 7) is 6.62. The quantitative estimate of drug-likeness (QED) is 0.656. The molecule has 0 aliphatic carbocycles. The van der Waals surface area contributed by atoms with Crippen LogP contribution in [0.4, 0.5) is 0 Å². The standard InChI is InChI=1S/C12H26BrNO/c1-4-6-12(10-13,7-5-2)11-14(3)8-9-15/h15H,4-11H2,1-3H3. The Morgan fingerprint density at radius 2 is 1.73 bits per heavy atom. The van der Waals surface area contributed by atoms with Crippen LogP contribution >= 0.6 is 15.9 Å². The minimum Gasteiger partial charge on any atom is -0.395 e. The topological polar surface area (TPSA) is 23.5 Å². The lowest BCUT2D eigenvalue weighted by Gasteiger charge is -2.35. The molecule has 0 fully saturated rings. The largest absolute Gasteiger partial charge is 0.395 e. The fourth-order valence-electron chi connectivity index (χ4n) is 2.34. The number of nitrogens with zero attached hydrogens (tertiary/aromatic N) is 1. The molecule has 0 aliphatic rings. The maximum Gasteiger partial charge on any atom is 0.0558 e. The van der Waals surface area contributed by atoms with Gasteiger partial charge in [-0.25, -0.2) is 0 Å². The third-order valence-electron chi connectivity index (χ3n) is 2.93. The maximum absolute atomic E-state index is 8.91. The van der Waals surface area contributed by atoms with E-state index in [4.69, 9.17) is 5.11 Å². The summed E-state index contributed by atoms with van der Waals surface area (Å²) in [4.78, 5) is 2.24. The van der Waals surface area contributed by atoms with Crippen molar-refractivity contribution in [3.05, 3.63) is 0 Å². The van der Waals surface area contributed by atoms with E-state index in [0.717, 1.165) is 18.4 Å². The van der Waals surface area contributed by atoms with E-state index in [1.807, 2.05) is 0 Å². The Kier molecular flexibility index (Phi) is 8.77. The van der Waals surface area contributed by atoms with Crippen LogP contribution in [0.25, 0.3) is 0 Å². The van der Waals surface area contributed by atoms with Crippen LogP contribution in [0.15, 0.2) is 0 Å². The van der Waals surface area contributed by atoms with E-state index in [1.165, 1.54) is 25.7 Å². The zero-order valence-electron chi connectivity index (χ0n) is 10.4. The first kappa shape index (κ1) is 15.4. The van der Waals surface area contributed by atoms with E-state index in [1.54, 1.807) is 0 Å². The monoisotopic (exact) mass is 279 g/mol. The molecule has 92 valence electrons.